The molecule has 1 aromatic rings. The second-order valence-electron chi connectivity index (χ2n) is 7.57. The molecule has 2 aliphatic rings. The third-order valence-electron chi connectivity index (χ3n) is 5.28. The number of piperidine rings is 1. The highest BCUT2D eigenvalue weighted by molar-refractivity contribution is 5.93. The van der Waals surface area contributed by atoms with E-state index in [1.165, 1.54) is 4.90 Å². The van der Waals surface area contributed by atoms with Crippen molar-refractivity contribution in [3.05, 3.63) is 17.0 Å². The van der Waals surface area contributed by atoms with Crippen molar-refractivity contribution in [3.63, 3.8) is 0 Å². The summed E-state index contributed by atoms with van der Waals surface area (Å²) in [5.74, 6) is 0.802. The van der Waals surface area contributed by atoms with E-state index in [4.69, 9.17) is 4.52 Å². The van der Waals surface area contributed by atoms with Gasteiger partial charge in [0.25, 0.3) is 5.91 Å². The summed E-state index contributed by atoms with van der Waals surface area (Å²) >= 11 is 0. The van der Waals surface area contributed by atoms with Gasteiger partial charge < -0.3 is 19.2 Å². The van der Waals surface area contributed by atoms with Crippen LogP contribution in [-0.2, 0) is 17.8 Å². The van der Waals surface area contributed by atoms with Gasteiger partial charge in [0.05, 0.1) is 12.5 Å². The molecule has 3 heterocycles. The Morgan fingerprint density at radius 2 is 2.04 bits per heavy atom. The molecule has 0 unspecified atom stereocenters. The first kappa shape index (κ1) is 17.9. The molecule has 0 bridgehead atoms. The Bertz CT molecular complexity index is 653. The molecule has 1 saturated heterocycles. The molecule has 0 aliphatic carbocycles. The number of hydrogen-bond donors (Lipinski definition) is 0. The first-order valence-electron chi connectivity index (χ1n) is 9.10. The lowest BCUT2D eigenvalue weighted by Crippen LogP contribution is -2.48. The van der Waals surface area contributed by atoms with Crippen LogP contribution in [0.4, 0.5) is 0 Å². The van der Waals surface area contributed by atoms with Crippen molar-refractivity contribution in [1.82, 2.24) is 19.9 Å². The number of nitrogens with zero attached hydrogens (tertiary/aromatic N) is 4. The molecule has 2 aliphatic heterocycles. The van der Waals surface area contributed by atoms with Gasteiger partial charge in [-0.05, 0) is 33.2 Å². The summed E-state index contributed by atoms with van der Waals surface area (Å²) in [6, 6.07) is 0.464. The summed E-state index contributed by atoms with van der Waals surface area (Å²) < 4.78 is 5.34. The predicted molar refractivity (Wildman–Crippen MR) is 93.1 cm³/mol. The number of carbonyl (C=O) groups excluding carboxylic acids is 2. The van der Waals surface area contributed by atoms with Crippen LogP contribution in [0, 0.1) is 5.92 Å². The van der Waals surface area contributed by atoms with Crippen LogP contribution in [0.3, 0.4) is 0 Å². The minimum atomic E-state index is -0.178. The van der Waals surface area contributed by atoms with Crippen LogP contribution in [0.5, 0.6) is 0 Å². The molecular weight excluding hydrogens is 320 g/mol. The fraction of sp³-hybridized carbons (Fsp3) is 0.722. The van der Waals surface area contributed by atoms with Gasteiger partial charge in [-0.3, -0.25) is 9.59 Å². The van der Waals surface area contributed by atoms with E-state index in [2.05, 4.69) is 23.9 Å². The van der Waals surface area contributed by atoms with Crippen molar-refractivity contribution in [1.29, 1.82) is 0 Å². The Morgan fingerprint density at radius 1 is 1.28 bits per heavy atom. The molecule has 1 fully saturated rings. The Hall–Kier alpha value is -1.89. The molecule has 138 valence electrons. The van der Waals surface area contributed by atoms with E-state index in [0.717, 1.165) is 37.3 Å². The van der Waals surface area contributed by atoms with Crippen LogP contribution in [0.15, 0.2) is 4.52 Å². The molecule has 7 heteroatoms. The van der Waals surface area contributed by atoms with E-state index in [9.17, 15) is 9.59 Å². The lowest BCUT2D eigenvalue weighted by Gasteiger charge is -2.37. The molecule has 2 amide bonds. The minimum absolute atomic E-state index is 0.0468. The van der Waals surface area contributed by atoms with Gasteiger partial charge in [-0.1, -0.05) is 5.16 Å². The van der Waals surface area contributed by atoms with Crippen molar-refractivity contribution in [3.8, 4) is 0 Å². The summed E-state index contributed by atoms with van der Waals surface area (Å²) in [7, 11) is 3.38. The minimum Gasteiger partial charge on any atom is -0.360 e. The summed E-state index contributed by atoms with van der Waals surface area (Å²) in [4.78, 5) is 31.0. The molecule has 25 heavy (non-hydrogen) atoms. The topological polar surface area (TPSA) is 69.9 Å². The van der Waals surface area contributed by atoms with Crippen molar-refractivity contribution >= 4 is 11.8 Å². The fourth-order valence-corrected chi connectivity index (χ4v) is 3.71. The Labute approximate surface area is 148 Å². The molecule has 0 N–H and O–H groups in total. The van der Waals surface area contributed by atoms with Gasteiger partial charge in [-0.15, -0.1) is 0 Å². The van der Waals surface area contributed by atoms with Gasteiger partial charge in [0, 0.05) is 45.2 Å². The van der Waals surface area contributed by atoms with Crippen LogP contribution >= 0.6 is 0 Å². The fourth-order valence-electron chi connectivity index (χ4n) is 3.71. The van der Waals surface area contributed by atoms with Crippen LogP contribution in [0.25, 0.3) is 0 Å². The first-order chi connectivity index (χ1) is 11.9. The molecular formula is C18H28N4O3. The highest BCUT2D eigenvalue weighted by atomic mass is 16.5. The Balaban J connectivity index is 1.73. The zero-order valence-electron chi connectivity index (χ0n) is 15.6. The molecule has 1 aromatic heterocycles. The van der Waals surface area contributed by atoms with Crippen LogP contribution in [-0.4, -0.2) is 71.4 Å². The predicted octanol–water partition coefficient (Wildman–Crippen LogP) is 1.38. The van der Waals surface area contributed by atoms with E-state index in [0.29, 0.717) is 31.2 Å². The molecule has 0 saturated carbocycles. The smallest absolute Gasteiger partial charge is 0.275 e. The zero-order chi connectivity index (χ0) is 18.1. The third kappa shape index (κ3) is 3.56. The lowest BCUT2D eigenvalue weighted by molar-refractivity contribution is -0.138. The summed E-state index contributed by atoms with van der Waals surface area (Å²) in [5.41, 5.74) is 1.11. The third-order valence-corrected chi connectivity index (χ3v) is 5.28. The molecule has 7 nitrogen and oxygen atoms in total. The standard InChI is InChI=1S/C18H28N4O3/c1-12(2)21-8-5-6-13(10-21)17(23)22-9-7-15-14(11-22)16(19-25-15)18(24)20(3)4/h12-13H,5-11H2,1-4H3/t13-/m0/s1. The maximum absolute atomic E-state index is 13.0. The van der Waals surface area contributed by atoms with Gasteiger partial charge in [0.15, 0.2) is 5.69 Å². The molecule has 0 radical (unpaired) electrons. The summed E-state index contributed by atoms with van der Waals surface area (Å²) in [6.07, 6.45) is 2.62. The van der Waals surface area contributed by atoms with Crippen molar-refractivity contribution in [2.45, 2.75) is 45.7 Å². The molecule has 1 atom stereocenters. The zero-order valence-corrected chi connectivity index (χ0v) is 15.6. The maximum atomic E-state index is 13.0. The molecule has 0 spiro atoms. The number of amides is 2. The molecule has 3 rings (SSSR count). The van der Waals surface area contributed by atoms with E-state index < -0.39 is 0 Å². The quantitative estimate of drug-likeness (QED) is 0.825. The first-order valence-corrected chi connectivity index (χ1v) is 9.10. The van der Waals surface area contributed by atoms with Gasteiger partial charge in [0.2, 0.25) is 5.91 Å². The summed E-state index contributed by atoms with van der Waals surface area (Å²) in [6.45, 7) is 7.30. The largest absolute Gasteiger partial charge is 0.360 e. The maximum Gasteiger partial charge on any atom is 0.275 e. The normalized spacial score (nSPS) is 21.3. The average Bonchev–Trinajstić information content (AvgIpc) is 3.03. The number of likely N-dealkylation sites (tertiary alicyclic amines) is 1. The highest BCUT2D eigenvalue weighted by Gasteiger charge is 2.34. The number of rotatable bonds is 3. The number of hydrogen-bond acceptors (Lipinski definition) is 5. The van der Waals surface area contributed by atoms with Crippen LogP contribution in [0.1, 0.15) is 48.5 Å². The van der Waals surface area contributed by atoms with Gasteiger partial charge in [0.1, 0.15) is 5.76 Å². The monoisotopic (exact) mass is 348 g/mol. The van der Waals surface area contributed by atoms with E-state index in [-0.39, 0.29) is 17.7 Å². The Kier molecular flexibility index (Phi) is 5.13. The van der Waals surface area contributed by atoms with Crippen molar-refractivity contribution < 1.29 is 14.1 Å². The molecule has 0 aromatic carbocycles. The Morgan fingerprint density at radius 3 is 2.72 bits per heavy atom. The van der Waals surface area contributed by atoms with Crippen LogP contribution < -0.4 is 0 Å². The van der Waals surface area contributed by atoms with Crippen LogP contribution in [0.2, 0.25) is 0 Å². The number of fused-ring (bicyclic) bond motifs is 1. The summed E-state index contributed by atoms with van der Waals surface area (Å²) in [5, 5.41) is 3.95. The van der Waals surface area contributed by atoms with E-state index in [1.54, 1.807) is 14.1 Å². The van der Waals surface area contributed by atoms with Gasteiger partial charge >= 0.3 is 0 Å². The SMILES string of the molecule is CC(C)N1CCC[C@H](C(=O)N2CCc3onc(C(=O)N(C)C)c3C2)C1. The van der Waals surface area contributed by atoms with Crippen molar-refractivity contribution in [2.24, 2.45) is 5.92 Å². The van der Waals surface area contributed by atoms with Gasteiger partial charge in [-0.25, -0.2) is 0 Å². The second-order valence-corrected chi connectivity index (χ2v) is 7.57. The average molecular weight is 348 g/mol. The second kappa shape index (κ2) is 7.15. The van der Waals surface area contributed by atoms with E-state index >= 15 is 0 Å². The van der Waals surface area contributed by atoms with Crippen molar-refractivity contribution in [2.75, 3.05) is 33.7 Å². The van der Waals surface area contributed by atoms with Gasteiger partial charge in [-0.2, -0.15) is 0 Å². The van der Waals surface area contributed by atoms with E-state index in [1.807, 2.05) is 4.90 Å². The highest BCUT2D eigenvalue weighted by Crippen LogP contribution is 2.27. The number of carbonyl (C=O) groups is 2. The number of aromatic nitrogens is 1. The lowest BCUT2D eigenvalue weighted by atomic mass is 9.94.